The fraction of sp³-hybridized carbons (Fsp3) is 1.00. The molecule has 2 nitrogen and oxygen atoms in total. The maximum absolute atomic E-state index is 3.61. The van der Waals surface area contributed by atoms with E-state index in [0.717, 1.165) is 5.33 Å². The van der Waals surface area contributed by atoms with E-state index in [1.165, 1.54) is 39.1 Å². The topological polar surface area (TPSA) is 6.48 Å². The van der Waals surface area contributed by atoms with Crippen LogP contribution in [0.5, 0.6) is 0 Å². The van der Waals surface area contributed by atoms with E-state index in [1.807, 2.05) is 0 Å². The number of halogens is 1. The zero-order valence-electron chi connectivity index (χ0n) is 10.2. The highest BCUT2D eigenvalue weighted by Crippen LogP contribution is 2.39. The lowest BCUT2D eigenvalue weighted by molar-refractivity contribution is 0.0281. The first-order valence-electron chi connectivity index (χ1n) is 5.92. The quantitative estimate of drug-likeness (QED) is 0.727. The SMILES string of the molecule is CN1CC2(CCN(CC(C)(C)CBr)C2)C1. The van der Waals surface area contributed by atoms with E-state index in [2.05, 4.69) is 46.6 Å². The summed E-state index contributed by atoms with van der Waals surface area (Å²) in [6.45, 7) is 11.2. The van der Waals surface area contributed by atoms with Crippen molar-refractivity contribution < 1.29 is 0 Å². The third kappa shape index (κ3) is 2.56. The van der Waals surface area contributed by atoms with Crippen molar-refractivity contribution in [2.24, 2.45) is 10.8 Å². The number of alkyl halides is 1. The molecule has 0 amide bonds. The Balaban J connectivity index is 1.83. The van der Waals surface area contributed by atoms with Crippen molar-refractivity contribution in [1.29, 1.82) is 0 Å². The second-order valence-corrected chi connectivity index (χ2v) is 6.99. The lowest BCUT2D eigenvalue weighted by Crippen LogP contribution is -2.55. The van der Waals surface area contributed by atoms with Gasteiger partial charge in [-0.25, -0.2) is 0 Å². The molecule has 0 N–H and O–H groups in total. The first-order valence-corrected chi connectivity index (χ1v) is 7.04. The molecule has 1 spiro atoms. The van der Waals surface area contributed by atoms with Gasteiger partial charge in [0.05, 0.1) is 0 Å². The summed E-state index contributed by atoms with van der Waals surface area (Å²) < 4.78 is 0. The van der Waals surface area contributed by atoms with Crippen LogP contribution in [0.15, 0.2) is 0 Å². The Morgan fingerprint density at radius 2 is 1.93 bits per heavy atom. The Morgan fingerprint density at radius 1 is 1.27 bits per heavy atom. The summed E-state index contributed by atoms with van der Waals surface area (Å²) in [5.41, 5.74) is 1.08. The van der Waals surface area contributed by atoms with Gasteiger partial charge in [-0.05, 0) is 25.4 Å². The van der Waals surface area contributed by atoms with Gasteiger partial charge in [0.1, 0.15) is 0 Å². The van der Waals surface area contributed by atoms with Crippen molar-refractivity contribution in [3.8, 4) is 0 Å². The highest BCUT2D eigenvalue weighted by molar-refractivity contribution is 9.09. The first kappa shape index (κ1) is 11.9. The van der Waals surface area contributed by atoms with Crippen LogP contribution in [0, 0.1) is 10.8 Å². The second kappa shape index (κ2) is 4.01. The van der Waals surface area contributed by atoms with Crippen molar-refractivity contribution in [3.63, 3.8) is 0 Å². The number of likely N-dealkylation sites (tertiary alicyclic amines) is 2. The summed E-state index contributed by atoms with van der Waals surface area (Å²) in [5, 5.41) is 1.10. The molecule has 0 aliphatic carbocycles. The fourth-order valence-electron chi connectivity index (χ4n) is 3.17. The van der Waals surface area contributed by atoms with E-state index in [9.17, 15) is 0 Å². The van der Waals surface area contributed by atoms with Crippen molar-refractivity contribution in [2.75, 3.05) is 45.1 Å². The van der Waals surface area contributed by atoms with Gasteiger partial charge in [-0.15, -0.1) is 0 Å². The normalized spacial score (nSPS) is 27.2. The molecule has 0 bridgehead atoms. The highest BCUT2D eigenvalue weighted by atomic mass is 79.9. The van der Waals surface area contributed by atoms with Crippen LogP contribution in [0.3, 0.4) is 0 Å². The molecule has 88 valence electrons. The van der Waals surface area contributed by atoms with Crippen molar-refractivity contribution in [3.05, 3.63) is 0 Å². The molecular weight excluding hydrogens is 252 g/mol. The van der Waals surface area contributed by atoms with Crippen LogP contribution in [-0.2, 0) is 0 Å². The molecule has 0 aromatic rings. The van der Waals surface area contributed by atoms with Gasteiger partial charge in [0.25, 0.3) is 0 Å². The van der Waals surface area contributed by atoms with Gasteiger partial charge in [0.15, 0.2) is 0 Å². The molecule has 0 radical (unpaired) electrons. The number of rotatable bonds is 3. The zero-order valence-corrected chi connectivity index (χ0v) is 11.8. The summed E-state index contributed by atoms with van der Waals surface area (Å²) >= 11 is 3.61. The average molecular weight is 275 g/mol. The van der Waals surface area contributed by atoms with Gasteiger partial charge in [-0.3, -0.25) is 0 Å². The van der Waals surface area contributed by atoms with Crippen LogP contribution in [0.1, 0.15) is 20.3 Å². The standard InChI is InChI=1S/C12H23BrN2/c1-11(2,6-13)7-15-5-4-12(10-15)8-14(3)9-12/h4-10H2,1-3H3. The molecule has 0 saturated carbocycles. The molecule has 2 aliphatic rings. The Bertz CT molecular complexity index is 234. The molecule has 0 aromatic heterocycles. The number of nitrogens with zero attached hydrogens (tertiary/aromatic N) is 2. The molecule has 0 unspecified atom stereocenters. The minimum absolute atomic E-state index is 0.418. The van der Waals surface area contributed by atoms with E-state index in [1.54, 1.807) is 0 Å². The fourth-order valence-corrected chi connectivity index (χ4v) is 3.34. The highest BCUT2D eigenvalue weighted by Gasteiger charge is 2.46. The molecule has 2 saturated heterocycles. The maximum Gasteiger partial charge on any atom is 0.00967 e. The van der Waals surface area contributed by atoms with Crippen molar-refractivity contribution in [2.45, 2.75) is 20.3 Å². The minimum Gasteiger partial charge on any atom is -0.305 e. The van der Waals surface area contributed by atoms with Crippen LogP contribution >= 0.6 is 15.9 Å². The van der Waals surface area contributed by atoms with E-state index >= 15 is 0 Å². The van der Waals surface area contributed by atoms with Gasteiger partial charge in [-0.1, -0.05) is 29.8 Å². The molecule has 15 heavy (non-hydrogen) atoms. The van der Waals surface area contributed by atoms with Crippen LogP contribution in [0.2, 0.25) is 0 Å². The molecule has 0 atom stereocenters. The van der Waals surface area contributed by atoms with E-state index in [0.29, 0.717) is 10.8 Å². The third-order valence-corrected chi connectivity index (χ3v) is 5.26. The number of hydrogen-bond donors (Lipinski definition) is 0. The Labute approximate surface area is 102 Å². The van der Waals surface area contributed by atoms with Crippen LogP contribution < -0.4 is 0 Å². The predicted octanol–water partition coefficient (Wildman–Crippen LogP) is 2.04. The molecule has 0 aromatic carbocycles. The minimum atomic E-state index is 0.418. The van der Waals surface area contributed by atoms with Gasteiger partial charge in [0, 0.05) is 36.9 Å². The third-order valence-electron chi connectivity index (χ3n) is 3.74. The summed E-state index contributed by atoms with van der Waals surface area (Å²) in [6.07, 6.45) is 1.41. The smallest absolute Gasteiger partial charge is 0.00967 e. The summed E-state index contributed by atoms with van der Waals surface area (Å²) in [7, 11) is 2.23. The van der Waals surface area contributed by atoms with Crippen molar-refractivity contribution in [1.82, 2.24) is 9.80 Å². The lowest BCUT2D eigenvalue weighted by atomic mass is 9.79. The summed E-state index contributed by atoms with van der Waals surface area (Å²) in [4.78, 5) is 5.10. The summed E-state index contributed by atoms with van der Waals surface area (Å²) in [5.74, 6) is 0. The Hall–Kier alpha value is 0.400. The largest absolute Gasteiger partial charge is 0.305 e. The lowest BCUT2D eigenvalue weighted by Gasteiger charge is -2.46. The van der Waals surface area contributed by atoms with E-state index in [-0.39, 0.29) is 0 Å². The second-order valence-electron chi connectivity index (χ2n) is 6.43. The van der Waals surface area contributed by atoms with E-state index in [4.69, 9.17) is 0 Å². The number of hydrogen-bond acceptors (Lipinski definition) is 2. The van der Waals surface area contributed by atoms with Crippen LogP contribution in [0.25, 0.3) is 0 Å². The average Bonchev–Trinajstić information content (AvgIpc) is 2.48. The van der Waals surface area contributed by atoms with Crippen LogP contribution in [-0.4, -0.2) is 54.9 Å². The molecule has 2 rings (SSSR count). The van der Waals surface area contributed by atoms with Gasteiger partial charge in [0.2, 0.25) is 0 Å². The summed E-state index contributed by atoms with van der Waals surface area (Å²) in [6, 6.07) is 0. The van der Waals surface area contributed by atoms with Gasteiger partial charge in [-0.2, -0.15) is 0 Å². The monoisotopic (exact) mass is 274 g/mol. The Kier molecular flexibility index (Phi) is 3.17. The van der Waals surface area contributed by atoms with Crippen molar-refractivity contribution >= 4 is 15.9 Å². The molecule has 2 aliphatic heterocycles. The van der Waals surface area contributed by atoms with Gasteiger partial charge < -0.3 is 9.80 Å². The molecule has 2 heterocycles. The molecule has 3 heteroatoms. The zero-order chi connectivity index (χ0) is 11.1. The first-order chi connectivity index (χ1) is 6.95. The molecule has 2 fully saturated rings. The van der Waals surface area contributed by atoms with Crippen LogP contribution in [0.4, 0.5) is 0 Å². The molecular formula is C12H23BrN2. The maximum atomic E-state index is 3.61. The predicted molar refractivity (Wildman–Crippen MR) is 68.6 cm³/mol. The van der Waals surface area contributed by atoms with Gasteiger partial charge >= 0.3 is 0 Å². The Morgan fingerprint density at radius 3 is 2.47 bits per heavy atom. The van der Waals surface area contributed by atoms with E-state index < -0.39 is 0 Å².